The fraction of sp³-hybridized carbons (Fsp3) is 1.00. The van der Waals surface area contributed by atoms with Crippen molar-refractivity contribution in [2.24, 2.45) is 11.3 Å². The molecular formula is C14H28O2. The van der Waals surface area contributed by atoms with Crippen LogP contribution in [-0.2, 0) is 9.47 Å². The van der Waals surface area contributed by atoms with Crippen molar-refractivity contribution >= 4 is 0 Å². The summed E-state index contributed by atoms with van der Waals surface area (Å²) in [7, 11) is 0. The van der Waals surface area contributed by atoms with E-state index in [-0.39, 0.29) is 5.60 Å². The molecule has 2 heterocycles. The third kappa shape index (κ3) is 2.78. The molecule has 0 aliphatic carbocycles. The van der Waals surface area contributed by atoms with Gasteiger partial charge in [-0.1, -0.05) is 34.6 Å². The van der Waals surface area contributed by atoms with Gasteiger partial charge in [0.05, 0.1) is 12.2 Å². The molecule has 0 aromatic heterocycles. The molecule has 2 saturated heterocycles. The number of hydrogen-bond donors (Lipinski definition) is 0. The monoisotopic (exact) mass is 228 g/mol. The molecule has 2 nitrogen and oxygen atoms in total. The van der Waals surface area contributed by atoms with E-state index in [4.69, 9.17) is 9.47 Å². The second kappa shape index (κ2) is 5.50. The minimum atomic E-state index is 0.0667. The van der Waals surface area contributed by atoms with Crippen LogP contribution in [0.3, 0.4) is 0 Å². The molecule has 2 fully saturated rings. The van der Waals surface area contributed by atoms with Crippen molar-refractivity contribution in [2.75, 3.05) is 19.8 Å². The molecule has 0 N–H and O–H groups in total. The van der Waals surface area contributed by atoms with E-state index in [1.165, 1.54) is 12.8 Å². The summed E-state index contributed by atoms with van der Waals surface area (Å²) in [6.45, 7) is 13.7. The van der Waals surface area contributed by atoms with Gasteiger partial charge >= 0.3 is 0 Å². The fourth-order valence-corrected chi connectivity index (χ4v) is 2.71. The van der Waals surface area contributed by atoms with Crippen LogP contribution in [0.5, 0.6) is 0 Å². The van der Waals surface area contributed by atoms with Crippen LogP contribution in [0, 0.1) is 11.3 Å². The highest BCUT2D eigenvalue weighted by Gasteiger charge is 2.46. The molecule has 2 atom stereocenters. The van der Waals surface area contributed by atoms with Gasteiger partial charge in [0.15, 0.2) is 0 Å². The van der Waals surface area contributed by atoms with Crippen molar-refractivity contribution in [3.63, 3.8) is 0 Å². The van der Waals surface area contributed by atoms with Gasteiger partial charge in [0.1, 0.15) is 0 Å². The summed E-state index contributed by atoms with van der Waals surface area (Å²) in [6, 6.07) is 0. The third-order valence-corrected chi connectivity index (χ3v) is 4.27. The Kier molecular flexibility index (Phi) is 4.81. The van der Waals surface area contributed by atoms with Gasteiger partial charge < -0.3 is 9.47 Å². The lowest BCUT2D eigenvalue weighted by atomic mass is 9.67. The lowest BCUT2D eigenvalue weighted by Gasteiger charge is -2.46. The molecule has 0 radical (unpaired) electrons. The topological polar surface area (TPSA) is 18.5 Å². The molecule has 1 spiro atoms. The zero-order valence-electron chi connectivity index (χ0n) is 11.6. The van der Waals surface area contributed by atoms with Crippen molar-refractivity contribution < 1.29 is 9.47 Å². The van der Waals surface area contributed by atoms with Crippen molar-refractivity contribution in [1.29, 1.82) is 0 Å². The zero-order chi connectivity index (χ0) is 12.2. The third-order valence-electron chi connectivity index (χ3n) is 4.27. The highest BCUT2D eigenvalue weighted by atomic mass is 16.6. The largest absolute Gasteiger partial charge is 0.378 e. The average molecular weight is 228 g/mol. The van der Waals surface area contributed by atoms with Gasteiger partial charge in [-0.05, 0) is 24.2 Å². The first-order chi connectivity index (χ1) is 7.56. The van der Waals surface area contributed by atoms with Gasteiger partial charge in [0.2, 0.25) is 0 Å². The Labute approximate surface area is 101 Å². The lowest BCUT2D eigenvalue weighted by molar-refractivity contribution is -0.132. The molecule has 2 aliphatic heterocycles. The first-order valence-corrected chi connectivity index (χ1v) is 6.78. The van der Waals surface area contributed by atoms with Crippen LogP contribution >= 0.6 is 0 Å². The summed E-state index contributed by atoms with van der Waals surface area (Å²) in [5, 5.41) is 0. The van der Waals surface area contributed by atoms with Crippen molar-refractivity contribution in [1.82, 2.24) is 0 Å². The van der Waals surface area contributed by atoms with E-state index in [2.05, 4.69) is 20.8 Å². The second-order valence-electron chi connectivity index (χ2n) is 5.57. The van der Waals surface area contributed by atoms with E-state index in [1.807, 2.05) is 13.8 Å². The van der Waals surface area contributed by atoms with E-state index in [0.29, 0.717) is 5.41 Å². The second-order valence-corrected chi connectivity index (χ2v) is 5.57. The van der Waals surface area contributed by atoms with Gasteiger partial charge in [-0.2, -0.15) is 0 Å². The number of ether oxygens (including phenoxy) is 2. The normalized spacial score (nSPS) is 38.6. The van der Waals surface area contributed by atoms with E-state index in [1.54, 1.807) is 0 Å². The molecular weight excluding hydrogens is 200 g/mol. The van der Waals surface area contributed by atoms with Crippen molar-refractivity contribution in [3.8, 4) is 0 Å². The van der Waals surface area contributed by atoms with E-state index >= 15 is 0 Å². The van der Waals surface area contributed by atoms with Crippen LogP contribution < -0.4 is 0 Å². The number of hydrogen-bond acceptors (Lipinski definition) is 2. The SMILES string of the molecule is CC.CC(C)C1(C)CCOC2(CCOC2)C1. The Hall–Kier alpha value is -0.0800. The maximum absolute atomic E-state index is 5.95. The Bertz CT molecular complexity index is 203. The van der Waals surface area contributed by atoms with Crippen molar-refractivity contribution in [3.05, 3.63) is 0 Å². The van der Waals surface area contributed by atoms with Gasteiger partial charge in [-0.3, -0.25) is 0 Å². The standard InChI is InChI=1S/C12H22O2.C2H6/c1-10(2)11(3)4-7-14-12(8-11)5-6-13-9-12;1-2/h10H,4-9H2,1-3H3;1-2H3. The molecule has 0 amide bonds. The summed E-state index contributed by atoms with van der Waals surface area (Å²) >= 11 is 0. The van der Waals surface area contributed by atoms with Gasteiger partial charge in [-0.15, -0.1) is 0 Å². The molecule has 0 aromatic carbocycles. The Morgan fingerprint density at radius 1 is 1.06 bits per heavy atom. The average Bonchev–Trinajstić information content (AvgIpc) is 2.69. The first kappa shape index (κ1) is 14.0. The summed E-state index contributed by atoms with van der Waals surface area (Å²) in [5.74, 6) is 0.740. The minimum Gasteiger partial charge on any atom is -0.378 e. The first-order valence-electron chi connectivity index (χ1n) is 6.78. The predicted octanol–water partition coefficient (Wildman–Crippen LogP) is 3.64. The van der Waals surface area contributed by atoms with E-state index in [0.717, 1.165) is 32.2 Å². The summed E-state index contributed by atoms with van der Waals surface area (Å²) < 4.78 is 11.4. The maximum Gasteiger partial charge on any atom is 0.0942 e. The molecule has 0 aromatic rings. The molecule has 2 heteroatoms. The van der Waals surface area contributed by atoms with Crippen LogP contribution in [0.25, 0.3) is 0 Å². The molecule has 16 heavy (non-hydrogen) atoms. The Morgan fingerprint density at radius 3 is 2.25 bits per heavy atom. The van der Waals surface area contributed by atoms with Gasteiger partial charge in [-0.25, -0.2) is 0 Å². The Balaban J connectivity index is 0.000000606. The Morgan fingerprint density at radius 2 is 1.75 bits per heavy atom. The molecule has 2 aliphatic rings. The van der Waals surface area contributed by atoms with Crippen LogP contribution in [0.4, 0.5) is 0 Å². The van der Waals surface area contributed by atoms with E-state index < -0.39 is 0 Å². The van der Waals surface area contributed by atoms with Crippen LogP contribution in [-0.4, -0.2) is 25.4 Å². The molecule has 2 unspecified atom stereocenters. The zero-order valence-corrected chi connectivity index (χ0v) is 11.6. The van der Waals surface area contributed by atoms with Crippen LogP contribution in [0.2, 0.25) is 0 Å². The predicted molar refractivity (Wildman–Crippen MR) is 67.6 cm³/mol. The summed E-state index contributed by atoms with van der Waals surface area (Å²) in [6.07, 6.45) is 3.47. The van der Waals surface area contributed by atoms with E-state index in [9.17, 15) is 0 Å². The minimum absolute atomic E-state index is 0.0667. The van der Waals surface area contributed by atoms with Crippen LogP contribution in [0.1, 0.15) is 53.9 Å². The highest BCUT2D eigenvalue weighted by Crippen LogP contribution is 2.46. The summed E-state index contributed by atoms with van der Waals surface area (Å²) in [5.41, 5.74) is 0.517. The van der Waals surface area contributed by atoms with Gasteiger partial charge in [0, 0.05) is 19.6 Å². The van der Waals surface area contributed by atoms with Crippen LogP contribution in [0.15, 0.2) is 0 Å². The fourth-order valence-electron chi connectivity index (χ4n) is 2.71. The van der Waals surface area contributed by atoms with Crippen molar-refractivity contribution in [2.45, 2.75) is 59.5 Å². The maximum atomic E-state index is 5.95. The number of rotatable bonds is 1. The smallest absolute Gasteiger partial charge is 0.0942 e. The lowest BCUT2D eigenvalue weighted by Crippen LogP contribution is -2.46. The quantitative estimate of drug-likeness (QED) is 0.682. The molecule has 0 saturated carbocycles. The highest BCUT2D eigenvalue weighted by molar-refractivity contribution is 4.96. The van der Waals surface area contributed by atoms with Gasteiger partial charge in [0.25, 0.3) is 0 Å². The summed E-state index contributed by atoms with van der Waals surface area (Å²) in [4.78, 5) is 0. The molecule has 96 valence electrons. The molecule has 0 bridgehead atoms. The molecule has 2 rings (SSSR count).